The van der Waals surface area contributed by atoms with Gasteiger partial charge in [0.15, 0.2) is 11.5 Å². The number of nitrogens with zero attached hydrogens (tertiary/aromatic N) is 1. The monoisotopic (exact) mass is 294 g/mol. The van der Waals surface area contributed by atoms with E-state index in [0.717, 1.165) is 11.1 Å². The lowest BCUT2D eigenvalue weighted by Gasteiger charge is -2.15. The number of benzene rings is 1. The molecule has 0 saturated carbocycles. The molecule has 1 unspecified atom stereocenters. The summed E-state index contributed by atoms with van der Waals surface area (Å²) in [7, 11) is 0. The molecule has 0 saturated heterocycles. The lowest BCUT2D eigenvalue weighted by Crippen LogP contribution is -2.19. The highest BCUT2D eigenvalue weighted by Crippen LogP contribution is 2.31. The highest BCUT2D eigenvalue weighted by Gasteiger charge is 2.24. The summed E-state index contributed by atoms with van der Waals surface area (Å²) < 4.78 is 5.57. The molecule has 2 N–H and O–H groups in total. The first kappa shape index (κ1) is 14.6. The lowest BCUT2D eigenvalue weighted by molar-refractivity contribution is -0.132. The number of rotatable bonds is 3. The van der Waals surface area contributed by atoms with Crippen LogP contribution in [0.1, 0.15) is 31.2 Å². The molecule has 0 spiro atoms. The number of carboxylic acid groups (broad SMARTS) is 1. The van der Waals surface area contributed by atoms with Crippen molar-refractivity contribution in [1.29, 1.82) is 0 Å². The third-order valence-corrected chi connectivity index (χ3v) is 3.17. The highest BCUT2D eigenvalue weighted by atomic mass is 35.5. The summed E-state index contributed by atoms with van der Waals surface area (Å²) in [6.45, 7) is 3.86. The number of halogens is 1. The molecule has 1 aromatic rings. The van der Waals surface area contributed by atoms with Gasteiger partial charge >= 0.3 is 5.97 Å². The number of hydrogen-bond acceptors (Lipinski definition) is 4. The van der Waals surface area contributed by atoms with Crippen LogP contribution in [0.4, 0.5) is 0 Å². The van der Waals surface area contributed by atoms with Crippen molar-refractivity contribution in [2.75, 3.05) is 6.61 Å². The number of nitrogens with one attached hydrogen (secondary N) is 1. The van der Waals surface area contributed by atoms with Crippen LogP contribution >= 0.6 is 11.6 Å². The van der Waals surface area contributed by atoms with Gasteiger partial charge in [-0.2, -0.15) is 0 Å². The molecule has 0 fully saturated rings. The summed E-state index contributed by atoms with van der Waals surface area (Å²) in [5.74, 6) is -1.01. The van der Waals surface area contributed by atoms with Crippen LogP contribution in [0.2, 0.25) is 0 Å². The standard InChI is InChI=1S/C14H15ClN2O3/c1-3-20-12-10-7-5-4-6-9(10)11(8(2)13(18)19)16-14(15)17-12/h4-7,12H,3H2,1-2H3,(H,16,17)(H,18,19). The number of fused-ring (bicyclic) bond motifs is 1. The minimum atomic E-state index is -1.01. The van der Waals surface area contributed by atoms with E-state index in [0.29, 0.717) is 12.3 Å². The quantitative estimate of drug-likeness (QED) is 0.664. The molecule has 1 aliphatic rings. The van der Waals surface area contributed by atoms with Gasteiger partial charge in [0, 0.05) is 17.7 Å². The summed E-state index contributed by atoms with van der Waals surface area (Å²) in [6.07, 6.45) is -0.546. The zero-order valence-electron chi connectivity index (χ0n) is 11.2. The first-order chi connectivity index (χ1) is 9.54. The van der Waals surface area contributed by atoms with Gasteiger partial charge < -0.3 is 15.2 Å². The molecule has 2 rings (SSSR count). The molecule has 20 heavy (non-hydrogen) atoms. The van der Waals surface area contributed by atoms with Crippen LogP contribution in [0, 0.1) is 0 Å². The van der Waals surface area contributed by atoms with E-state index in [1.54, 1.807) is 0 Å². The van der Waals surface area contributed by atoms with Crippen LogP contribution in [-0.2, 0) is 9.53 Å². The number of ether oxygens (including phenoxy) is 1. The third kappa shape index (κ3) is 2.84. The fourth-order valence-electron chi connectivity index (χ4n) is 2.00. The first-order valence-corrected chi connectivity index (χ1v) is 6.57. The molecule has 0 bridgehead atoms. The van der Waals surface area contributed by atoms with E-state index in [-0.39, 0.29) is 10.9 Å². The molecular formula is C14H15ClN2O3. The number of aliphatic carboxylic acids is 1. The molecule has 6 heteroatoms. The van der Waals surface area contributed by atoms with Crippen molar-refractivity contribution < 1.29 is 14.6 Å². The lowest BCUT2D eigenvalue weighted by atomic mass is 10.0. The van der Waals surface area contributed by atoms with Gasteiger partial charge in [0.2, 0.25) is 0 Å². The summed E-state index contributed by atoms with van der Waals surface area (Å²) in [4.78, 5) is 15.4. The van der Waals surface area contributed by atoms with Gasteiger partial charge in [0.05, 0.1) is 11.3 Å². The third-order valence-electron chi connectivity index (χ3n) is 2.98. The van der Waals surface area contributed by atoms with Crippen LogP contribution < -0.4 is 5.32 Å². The molecular weight excluding hydrogens is 280 g/mol. The van der Waals surface area contributed by atoms with Gasteiger partial charge in [-0.1, -0.05) is 24.3 Å². The van der Waals surface area contributed by atoms with E-state index in [2.05, 4.69) is 10.3 Å². The second-order valence-electron chi connectivity index (χ2n) is 4.25. The minimum Gasteiger partial charge on any atom is -0.478 e. The van der Waals surface area contributed by atoms with Crippen molar-refractivity contribution in [3.63, 3.8) is 0 Å². The van der Waals surface area contributed by atoms with E-state index >= 15 is 0 Å². The predicted molar refractivity (Wildman–Crippen MR) is 77.5 cm³/mol. The Morgan fingerprint density at radius 3 is 2.85 bits per heavy atom. The molecule has 106 valence electrons. The zero-order valence-corrected chi connectivity index (χ0v) is 11.9. The Morgan fingerprint density at radius 2 is 2.20 bits per heavy atom. The molecule has 0 aromatic heterocycles. The van der Waals surface area contributed by atoms with Crippen LogP contribution in [0.3, 0.4) is 0 Å². The van der Waals surface area contributed by atoms with E-state index in [1.807, 2.05) is 31.2 Å². The van der Waals surface area contributed by atoms with Gasteiger partial charge in [0.25, 0.3) is 0 Å². The number of hydrogen-bond donors (Lipinski definition) is 2. The van der Waals surface area contributed by atoms with Gasteiger partial charge in [-0.3, -0.25) is 0 Å². The molecule has 1 atom stereocenters. The molecule has 1 aromatic carbocycles. The Morgan fingerprint density at radius 1 is 1.50 bits per heavy atom. The van der Waals surface area contributed by atoms with Crippen molar-refractivity contribution in [3.05, 3.63) is 41.0 Å². The molecule has 5 nitrogen and oxygen atoms in total. The fraction of sp³-hybridized carbons (Fsp3) is 0.286. The molecule has 0 amide bonds. The fourth-order valence-corrected chi connectivity index (χ4v) is 2.19. The van der Waals surface area contributed by atoms with Gasteiger partial charge in [0.1, 0.15) is 0 Å². The summed E-state index contributed by atoms with van der Waals surface area (Å²) in [6, 6.07) is 7.36. The van der Waals surface area contributed by atoms with Crippen molar-refractivity contribution in [1.82, 2.24) is 5.32 Å². The second kappa shape index (κ2) is 6.07. The zero-order chi connectivity index (χ0) is 14.7. The number of carboxylic acids is 1. The number of carbonyl (C=O) groups is 1. The van der Waals surface area contributed by atoms with Gasteiger partial charge in [-0.15, -0.1) is 0 Å². The smallest absolute Gasteiger partial charge is 0.333 e. The van der Waals surface area contributed by atoms with Crippen LogP contribution in [0.15, 0.2) is 34.8 Å². The molecule has 0 radical (unpaired) electrons. The van der Waals surface area contributed by atoms with E-state index in [1.165, 1.54) is 6.92 Å². The molecule has 1 heterocycles. The SMILES string of the molecule is CCOC1N=C(Cl)NC(=C(C)C(=O)O)c2ccccc21. The van der Waals surface area contributed by atoms with Crippen LogP contribution in [-0.4, -0.2) is 23.0 Å². The summed E-state index contributed by atoms with van der Waals surface area (Å²) >= 11 is 6.02. The van der Waals surface area contributed by atoms with Crippen LogP contribution in [0.5, 0.6) is 0 Å². The molecule has 1 aliphatic heterocycles. The Labute approximate surface area is 121 Å². The minimum absolute atomic E-state index is 0.107. The van der Waals surface area contributed by atoms with Gasteiger partial charge in [-0.05, 0) is 25.4 Å². The van der Waals surface area contributed by atoms with E-state index < -0.39 is 12.2 Å². The normalized spacial score (nSPS) is 20.4. The average molecular weight is 295 g/mol. The van der Waals surface area contributed by atoms with Crippen molar-refractivity contribution in [2.24, 2.45) is 4.99 Å². The van der Waals surface area contributed by atoms with E-state index in [4.69, 9.17) is 16.3 Å². The van der Waals surface area contributed by atoms with Gasteiger partial charge in [-0.25, -0.2) is 9.79 Å². The second-order valence-corrected chi connectivity index (χ2v) is 4.60. The Kier molecular flexibility index (Phi) is 4.42. The maximum atomic E-state index is 11.2. The Hall–Kier alpha value is -1.85. The van der Waals surface area contributed by atoms with Crippen LogP contribution in [0.25, 0.3) is 5.70 Å². The van der Waals surface area contributed by atoms with E-state index in [9.17, 15) is 9.90 Å². The maximum absolute atomic E-state index is 11.2. The first-order valence-electron chi connectivity index (χ1n) is 6.20. The van der Waals surface area contributed by atoms with Crippen molar-refractivity contribution in [2.45, 2.75) is 20.1 Å². The Balaban J connectivity index is 2.64. The summed E-state index contributed by atoms with van der Waals surface area (Å²) in [5.41, 5.74) is 2.12. The topological polar surface area (TPSA) is 70.9 Å². The largest absolute Gasteiger partial charge is 0.478 e. The Bertz CT molecular complexity index is 596. The summed E-state index contributed by atoms with van der Waals surface area (Å²) in [5, 5.41) is 12.1. The molecule has 0 aliphatic carbocycles. The van der Waals surface area contributed by atoms with Crippen molar-refractivity contribution in [3.8, 4) is 0 Å². The number of amidine groups is 1. The maximum Gasteiger partial charge on any atom is 0.333 e. The number of aliphatic imine (C=N–C) groups is 1. The highest BCUT2D eigenvalue weighted by molar-refractivity contribution is 6.65. The predicted octanol–water partition coefficient (Wildman–Crippen LogP) is 2.74. The van der Waals surface area contributed by atoms with Crippen molar-refractivity contribution >= 4 is 28.6 Å². The average Bonchev–Trinajstić information content (AvgIpc) is 2.56.